The number of unbranched alkanes of at least 4 members (excludes halogenated alkanes) is 2. The number of hydrogen-bond acceptors (Lipinski definition) is 2. The maximum Gasteiger partial charge on any atom is 0.261 e. The Hall–Kier alpha value is -2.27. The number of piperidine rings is 1. The van der Waals surface area contributed by atoms with Crippen molar-refractivity contribution in [2.45, 2.75) is 64.2 Å². The van der Waals surface area contributed by atoms with Gasteiger partial charge in [-0.05, 0) is 74.1 Å². The average Bonchev–Trinajstić information content (AvgIpc) is 3.10. The molecule has 0 N–H and O–H groups in total. The highest BCUT2D eigenvalue weighted by Crippen LogP contribution is 2.48. The third kappa shape index (κ3) is 4.19. The zero-order valence-electron chi connectivity index (χ0n) is 19.5. The van der Waals surface area contributed by atoms with Gasteiger partial charge in [-0.25, -0.2) is 8.78 Å². The molecule has 0 bridgehead atoms. The molecule has 2 aliphatic heterocycles. The van der Waals surface area contributed by atoms with Gasteiger partial charge in [0.15, 0.2) is 11.6 Å². The number of fused-ring (bicyclic) bond motifs is 2. The lowest BCUT2D eigenvalue weighted by atomic mass is 9.73. The summed E-state index contributed by atoms with van der Waals surface area (Å²) in [4.78, 5) is 17.6. The van der Waals surface area contributed by atoms with Gasteiger partial charge in [-0.15, -0.1) is 0 Å². The van der Waals surface area contributed by atoms with Crippen LogP contribution in [-0.4, -0.2) is 37.0 Å². The molecule has 2 aliphatic rings. The van der Waals surface area contributed by atoms with Gasteiger partial charge in [0.25, 0.3) is 5.91 Å². The average molecular weight is 441 g/mol. The van der Waals surface area contributed by atoms with E-state index in [1.54, 1.807) is 4.90 Å². The summed E-state index contributed by atoms with van der Waals surface area (Å²) in [5, 5.41) is 0. The molecule has 1 amide bonds. The number of anilines is 1. The summed E-state index contributed by atoms with van der Waals surface area (Å²) in [5.41, 5.74) is 2.98. The predicted octanol–water partition coefficient (Wildman–Crippen LogP) is 6.27. The van der Waals surface area contributed by atoms with E-state index < -0.39 is 17.5 Å². The molecule has 3 nitrogen and oxygen atoms in total. The summed E-state index contributed by atoms with van der Waals surface area (Å²) < 4.78 is 28.3. The van der Waals surface area contributed by atoms with E-state index in [0.717, 1.165) is 44.2 Å². The van der Waals surface area contributed by atoms with Gasteiger partial charge in [-0.1, -0.05) is 51.8 Å². The van der Waals surface area contributed by atoms with Crippen molar-refractivity contribution in [3.05, 3.63) is 64.7 Å². The van der Waals surface area contributed by atoms with Crippen LogP contribution in [0.3, 0.4) is 0 Å². The van der Waals surface area contributed by atoms with Crippen LogP contribution < -0.4 is 4.90 Å². The lowest BCUT2D eigenvalue weighted by Gasteiger charge is -2.40. The summed E-state index contributed by atoms with van der Waals surface area (Å²) in [6.45, 7) is 10.2. The number of likely N-dealkylation sites (tertiary alicyclic amines) is 1. The smallest absolute Gasteiger partial charge is 0.261 e. The van der Waals surface area contributed by atoms with Crippen LogP contribution >= 0.6 is 0 Å². The summed E-state index contributed by atoms with van der Waals surface area (Å²) in [5.74, 6) is -2.12. The minimum Gasteiger partial charge on any atom is -0.307 e. The van der Waals surface area contributed by atoms with Crippen LogP contribution in [0.25, 0.3) is 0 Å². The van der Waals surface area contributed by atoms with Gasteiger partial charge >= 0.3 is 0 Å². The van der Waals surface area contributed by atoms with Crippen molar-refractivity contribution < 1.29 is 13.6 Å². The summed E-state index contributed by atoms with van der Waals surface area (Å²) in [6, 6.07) is 10.1. The van der Waals surface area contributed by atoms with Crippen molar-refractivity contribution in [3.8, 4) is 0 Å². The van der Waals surface area contributed by atoms with E-state index in [-0.39, 0.29) is 11.0 Å². The minimum atomic E-state index is -1.07. The van der Waals surface area contributed by atoms with Gasteiger partial charge in [0.2, 0.25) is 0 Å². The minimum absolute atomic E-state index is 0.124. The standard InChI is InChI=1S/C27H34F2N2O/c1-4-5-6-14-30-15-12-27(13-16-30)18-31(24-11-10-20(19(2)3)17-22(24)27)26(32)21-8-7-9-23(28)25(21)29/h7-11,17,19H,4-6,12-16,18H2,1-3H3. The van der Waals surface area contributed by atoms with Gasteiger partial charge in [0.05, 0.1) is 5.56 Å². The molecule has 0 saturated carbocycles. The van der Waals surface area contributed by atoms with Crippen molar-refractivity contribution in [2.75, 3.05) is 31.1 Å². The Kier molecular flexibility index (Phi) is 6.66. The molecular weight excluding hydrogens is 406 g/mol. The highest BCUT2D eigenvalue weighted by Gasteiger charge is 2.46. The molecule has 172 valence electrons. The molecule has 5 heteroatoms. The Morgan fingerprint density at radius 2 is 1.84 bits per heavy atom. The largest absolute Gasteiger partial charge is 0.307 e. The maximum absolute atomic E-state index is 14.5. The first-order valence-electron chi connectivity index (χ1n) is 12.0. The van der Waals surface area contributed by atoms with Crippen molar-refractivity contribution in [3.63, 3.8) is 0 Å². The maximum atomic E-state index is 14.5. The summed E-state index contributed by atoms with van der Waals surface area (Å²) >= 11 is 0. The monoisotopic (exact) mass is 440 g/mol. The van der Waals surface area contributed by atoms with E-state index in [0.29, 0.717) is 12.5 Å². The lowest BCUT2D eigenvalue weighted by molar-refractivity contribution is 0.0971. The van der Waals surface area contributed by atoms with Gasteiger partial charge in [0.1, 0.15) is 0 Å². The second-order valence-corrected chi connectivity index (χ2v) is 9.75. The summed E-state index contributed by atoms with van der Waals surface area (Å²) in [6.07, 6.45) is 5.65. The number of rotatable bonds is 6. The van der Waals surface area contributed by atoms with Gasteiger partial charge in [0, 0.05) is 17.6 Å². The van der Waals surface area contributed by atoms with Crippen LogP contribution in [0.5, 0.6) is 0 Å². The van der Waals surface area contributed by atoms with Crippen LogP contribution in [0.15, 0.2) is 36.4 Å². The van der Waals surface area contributed by atoms with E-state index in [2.05, 4.69) is 37.8 Å². The molecule has 2 heterocycles. The van der Waals surface area contributed by atoms with E-state index in [1.165, 1.54) is 42.5 Å². The van der Waals surface area contributed by atoms with Crippen molar-refractivity contribution in [1.82, 2.24) is 4.90 Å². The molecule has 2 aromatic carbocycles. The first-order chi connectivity index (χ1) is 15.4. The Morgan fingerprint density at radius 1 is 1.09 bits per heavy atom. The number of benzene rings is 2. The van der Waals surface area contributed by atoms with Crippen molar-refractivity contribution in [1.29, 1.82) is 0 Å². The van der Waals surface area contributed by atoms with Crippen LogP contribution in [0, 0.1) is 11.6 Å². The van der Waals surface area contributed by atoms with Crippen LogP contribution in [0.2, 0.25) is 0 Å². The topological polar surface area (TPSA) is 23.6 Å². The first-order valence-corrected chi connectivity index (χ1v) is 12.0. The van der Waals surface area contributed by atoms with E-state index in [9.17, 15) is 13.6 Å². The summed E-state index contributed by atoms with van der Waals surface area (Å²) in [7, 11) is 0. The molecule has 4 rings (SSSR count). The normalized spacial score (nSPS) is 17.9. The fraction of sp³-hybridized carbons (Fsp3) is 0.519. The predicted molar refractivity (Wildman–Crippen MR) is 125 cm³/mol. The highest BCUT2D eigenvalue weighted by molar-refractivity contribution is 6.08. The molecule has 1 spiro atoms. The molecule has 32 heavy (non-hydrogen) atoms. The quantitative estimate of drug-likeness (QED) is 0.494. The molecule has 1 saturated heterocycles. The van der Waals surface area contributed by atoms with E-state index >= 15 is 0 Å². The van der Waals surface area contributed by atoms with Gasteiger partial charge in [-0.3, -0.25) is 4.79 Å². The Labute approximate surface area is 190 Å². The second-order valence-electron chi connectivity index (χ2n) is 9.75. The van der Waals surface area contributed by atoms with Crippen molar-refractivity contribution >= 4 is 11.6 Å². The number of carbonyl (C=O) groups is 1. The molecule has 0 atom stereocenters. The highest BCUT2D eigenvalue weighted by atomic mass is 19.2. The van der Waals surface area contributed by atoms with E-state index in [1.807, 2.05) is 6.07 Å². The SMILES string of the molecule is CCCCCN1CCC2(CC1)CN(C(=O)c1cccc(F)c1F)c1ccc(C(C)C)cc12. The third-order valence-electron chi connectivity index (χ3n) is 7.33. The van der Waals surface area contributed by atoms with Gasteiger partial charge < -0.3 is 9.80 Å². The molecule has 0 unspecified atom stereocenters. The first kappa shape index (κ1) is 22.9. The molecule has 0 radical (unpaired) electrons. The van der Waals surface area contributed by atoms with Crippen LogP contribution in [-0.2, 0) is 5.41 Å². The number of halogens is 2. The van der Waals surface area contributed by atoms with E-state index in [4.69, 9.17) is 0 Å². The van der Waals surface area contributed by atoms with Crippen LogP contribution in [0.1, 0.15) is 80.3 Å². The fourth-order valence-electron chi connectivity index (χ4n) is 5.26. The molecule has 0 aromatic heterocycles. The van der Waals surface area contributed by atoms with Crippen LogP contribution in [0.4, 0.5) is 14.5 Å². The zero-order chi connectivity index (χ0) is 22.9. The molecule has 1 fully saturated rings. The second kappa shape index (κ2) is 9.30. The molecular formula is C27H34F2N2O. The Balaban J connectivity index is 1.65. The Bertz CT molecular complexity index is 980. The van der Waals surface area contributed by atoms with Crippen molar-refractivity contribution in [2.24, 2.45) is 0 Å². The number of amides is 1. The lowest BCUT2D eigenvalue weighted by Crippen LogP contribution is -2.46. The number of nitrogens with zero attached hydrogens (tertiary/aromatic N) is 2. The zero-order valence-corrected chi connectivity index (χ0v) is 19.5. The molecule has 2 aromatic rings. The fourth-order valence-corrected chi connectivity index (χ4v) is 5.26. The Morgan fingerprint density at radius 3 is 2.53 bits per heavy atom. The number of hydrogen-bond donors (Lipinski definition) is 0. The third-order valence-corrected chi connectivity index (χ3v) is 7.33. The van der Waals surface area contributed by atoms with Gasteiger partial charge in [-0.2, -0.15) is 0 Å². The molecule has 0 aliphatic carbocycles. The number of carbonyl (C=O) groups excluding carboxylic acids is 1.